The van der Waals surface area contributed by atoms with Crippen LogP contribution in [0.4, 0.5) is 0 Å². The SMILES string of the molecule is Cc1nc(C2CCN(C(=O)CCc3c[nH]c4ccccc34)C2)ncc1C(=O)N1CCOCC1. The molecule has 2 aliphatic rings. The number of aryl methyl sites for hydroxylation is 2. The molecule has 1 N–H and O–H groups in total. The summed E-state index contributed by atoms with van der Waals surface area (Å²) in [5.41, 5.74) is 3.52. The van der Waals surface area contributed by atoms with Crippen LogP contribution < -0.4 is 0 Å². The molecule has 1 atom stereocenters. The van der Waals surface area contributed by atoms with Crippen LogP contribution in [0.3, 0.4) is 0 Å². The Morgan fingerprint density at radius 1 is 1.15 bits per heavy atom. The number of nitrogens with one attached hydrogen (secondary N) is 1. The molecule has 8 nitrogen and oxygen atoms in total. The average Bonchev–Trinajstić information content (AvgIpc) is 3.50. The maximum absolute atomic E-state index is 12.9. The predicted molar refractivity (Wildman–Crippen MR) is 124 cm³/mol. The fourth-order valence-electron chi connectivity index (χ4n) is 4.76. The highest BCUT2D eigenvalue weighted by Gasteiger charge is 2.30. The second kappa shape index (κ2) is 9.31. The molecule has 33 heavy (non-hydrogen) atoms. The predicted octanol–water partition coefficient (Wildman–Crippen LogP) is 2.69. The smallest absolute Gasteiger partial charge is 0.257 e. The van der Waals surface area contributed by atoms with Crippen LogP contribution in [0.2, 0.25) is 0 Å². The lowest BCUT2D eigenvalue weighted by Crippen LogP contribution is -2.41. The van der Waals surface area contributed by atoms with Gasteiger partial charge in [-0.3, -0.25) is 9.59 Å². The highest BCUT2D eigenvalue weighted by Crippen LogP contribution is 2.27. The van der Waals surface area contributed by atoms with E-state index in [0.29, 0.717) is 57.1 Å². The number of amides is 2. The lowest BCUT2D eigenvalue weighted by molar-refractivity contribution is -0.130. The van der Waals surface area contributed by atoms with Crippen molar-refractivity contribution >= 4 is 22.7 Å². The van der Waals surface area contributed by atoms with E-state index in [1.54, 1.807) is 11.1 Å². The van der Waals surface area contributed by atoms with E-state index in [2.05, 4.69) is 21.0 Å². The first-order valence-corrected chi connectivity index (χ1v) is 11.6. The Balaban J connectivity index is 1.19. The molecule has 2 fully saturated rings. The standard InChI is InChI=1S/C25H29N5O3/c1-17-21(25(32)29-10-12-33-13-11-29)15-27-24(28-17)19-8-9-30(16-19)23(31)7-6-18-14-26-22-5-3-2-4-20(18)22/h2-5,14-15,19,26H,6-13,16H2,1H3. The normalized spacial score (nSPS) is 18.8. The van der Waals surface area contributed by atoms with Crippen LogP contribution in [0, 0.1) is 6.92 Å². The van der Waals surface area contributed by atoms with Gasteiger partial charge in [-0.15, -0.1) is 0 Å². The van der Waals surface area contributed by atoms with Crippen molar-refractivity contribution in [2.45, 2.75) is 32.1 Å². The monoisotopic (exact) mass is 447 g/mol. The first-order chi connectivity index (χ1) is 16.1. The van der Waals surface area contributed by atoms with Gasteiger partial charge in [0.2, 0.25) is 5.91 Å². The lowest BCUT2D eigenvalue weighted by Gasteiger charge is -2.27. The van der Waals surface area contributed by atoms with Gasteiger partial charge in [0.15, 0.2) is 0 Å². The number of benzene rings is 1. The Kier molecular flexibility index (Phi) is 6.09. The summed E-state index contributed by atoms with van der Waals surface area (Å²) in [5.74, 6) is 0.952. The van der Waals surface area contributed by atoms with Gasteiger partial charge in [0.05, 0.1) is 24.5 Å². The topological polar surface area (TPSA) is 91.4 Å². The third kappa shape index (κ3) is 4.48. The Labute approximate surface area is 193 Å². The summed E-state index contributed by atoms with van der Waals surface area (Å²) in [6, 6.07) is 8.17. The van der Waals surface area contributed by atoms with E-state index in [1.807, 2.05) is 36.2 Å². The molecule has 1 aromatic carbocycles. The minimum atomic E-state index is -0.0390. The summed E-state index contributed by atoms with van der Waals surface area (Å²) in [5, 5.41) is 1.18. The van der Waals surface area contributed by atoms with Crippen molar-refractivity contribution in [2.75, 3.05) is 39.4 Å². The zero-order chi connectivity index (χ0) is 22.8. The molecule has 2 saturated heterocycles. The number of para-hydroxylation sites is 1. The van der Waals surface area contributed by atoms with E-state index in [1.165, 1.54) is 10.9 Å². The number of likely N-dealkylation sites (tertiary alicyclic amines) is 1. The molecule has 2 aromatic heterocycles. The third-order valence-electron chi connectivity index (χ3n) is 6.72. The molecule has 172 valence electrons. The van der Waals surface area contributed by atoms with Crippen LogP contribution in [-0.2, 0) is 16.0 Å². The number of carbonyl (C=O) groups excluding carboxylic acids is 2. The van der Waals surface area contributed by atoms with Gasteiger partial charge in [0.25, 0.3) is 5.91 Å². The lowest BCUT2D eigenvalue weighted by atomic mass is 10.1. The maximum Gasteiger partial charge on any atom is 0.257 e. The minimum Gasteiger partial charge on any atom is -0.378 e. The zero-order valence-electron chi connectivity index (χ0n) is 18.9. The molecule has 0 bridgehead atoms. The summed E-state index contributed by atoms with van der Waals surface area (Å²) < 4.78 is 5.33. The number of aromatic amines is 1. The molecule has 2 amide bonds. The van der Waals surface area contributed by atoms with Crippen molar-refractivity contribution in [3.05, 3.63) is 59.3 Å². The number of aromatic nitrogens is 3. The number of ether oxygens (including phenoxy) is 1. The van der Waals surface area contributed by atoms with Gasteiger partial charge in [-0.1, -0.05) is 18.2 Å². The summed E-state index contributed by atoms with van der Waals surface area (Å²) in [7, 11) is 0. The van der Waals surface area contributed by atoms with E-state index in [9.17, 15) is 9.59 Å². The second-order valence-corrected chi connectivity index (χ2v) is 8.82. The van der Waals surface area contributed by atoms with E-state index in [0.717, 1.165) is 24.2 Å². The molecule has 0 saturated carbocycles. The molecular formula is C25H29N5O3. The maximum atomic E-state index is 12.9. The number of carbonyl (C=O) groups is 2. The molecule has 3 aromatic rings. The van der Waals surface area contributed by atoms with Crippen LogP contribution in [0.1, 0.15) is 46.2 Å². The molecular weight excluding hydrogens is 418 g/mol. The van der Waals surface area contributed by atoms with Gasteiger partial charge in [-0.2, -0.15) is 0 Å². The Bertz CT molecular complexity index is 1170. The number of nitrogens with zero attached hydrogens (tertiary/aromatic N) is 4. The fourth-order valence-corrected chi connectivity index (χ4v) is 4.76. The number of H-pyrrole nitrogens is 1. The summed E-state index contributed by atoms with van der Waals surface area (Å²) >= 11 is 0. The summed E-state index contributed by atoms with van der Waals surface area (Å²) in [6.07, 6.45) is 5.70. The van der Waals surface area contributed by atoms with Crippen molar-refractivity contribution in [3.8, 4) is 0 Å². The molecule has 8 heteroatoms. The number of fused-ring (bicyclic) bond motifs is 1. The molecule has 2 aliphatic heterocycles. The Morgan fingerprint density at radius 2 is 1.97 bits per heavy atom. The van der Waals surface area contributed by atoms with Gasteiger partial charge in [0, 0.05) is 61.8 Å². The van der Waals surface area contributed by atoms with Crippen LogP contribution in [0.5, 0.6) is 0 Å². The molecule has 0 spiro atoms. The fraction of sp³-hybridized carbons (Fsp3) is 0.440. The third-order valence-corrected chi connectivity index (χ3v) is 6.72. The molecule has 0 aliphatic carbocycles. The van der Waals surface area contributed by atoms with E-state index in [4.69, 9.17) is 4.74 Å². The minimum absolute atomic E-state index is 0.0390. The van der Waals surface area contributed by atoms with Gasteiger partial charge in [-0.25, -0.2) is 9.97 Å². The second-order valence-electron chi connectivity index (χ2n) is 8.82. The number of hydrogen-bond donors (Lipinski definition) is 1. The number of rotatable bonds is 5. The molecule has 0 radical (unpaired) electrons. The number of morpholine rings is 1. The van der Waals surface area contributed by atoms with Gasteiger partial charge in [-0.05, 0) is 31.4 Å². The van der Waals surface area contributed by atoms with Crippen molar-refractivity contribution in [2.24, 2.45) is 0 Å². The van der Waals surface area contributed by atoms with E-state index >= 15 is 0 Å². The van der Waals surface area contributed by atoms with Crippen LogP contribution in [0.25, 0.3) is 10.9 Å². The van der Waals surface area contributed by atoms with Gasteiger partial charge >= 0.3 is 0 Å². The first-order valence-electron chi connectivity index (χ1n) is 11.6. The van der Waals surface area contributed by atoms with Crippen LogP contribution in [0.15, 0.2) is 36.7 Å². The first kappa shape index (κ1) is 21.6. The summed E-state index contributed by atoms with van der Waals surface area (Å²) in [6.45, 7) is 5.53. The number of hydrogen-bond acceptors (Lipinski definition) is 5. The Morgan fingerprint density at radius 3 is 2.79 bits per heavy atom. The largest absolute Gasteiger partial charge is 0.378 e. The van der Waals surface area contributed by atoms with Gasteiger partial charge in [0.1, 0.15) is 5.82 Å². The highest BCUT2D eigenvalue weighted by atomic mass is 16.5. The zero-order valence-corrected chi connectivity index (χ0v) is 18.9. The quantitative estimate of drug-likeness (QED) is 0.649. The van der Waals surface area contributed by atoms with Crippen LogP contribution in [-0.4, -0.2) is 76.0 Å². The van der Waals surface area contributed by atoms with Crippen molar-refractivity contribution in [1.29, 1.82) is 0 Å². The molecule has 1 unspecified atom stereocenters. The van der Waals surface area contributed by atoms with Gasteiger partial charge < -0.3 is 19.5 Å². The molecule has 4 heterocycles. The average molecular weight is 448 g/mol. The highest BCUT2D eigenvalue weighted by molar-refractivity contribution is 5.95. The summed E-state index contributed by atoms with van der Waals surface area (Å²) in [4.78, 5) is 41.8. The van der Waals surface area contributed by atoms with E-state index < -0.39 is 0 Å². The van der Waals surface area contributed by atoms with Crippen molar-refractivity contribution < 1.29 is 14.3 Å². The Hall–Kier alpha value is -3.26. The van der Waals surface area contributed by atoms with Crippen molar-refractivity contribution in [1.82, 2.24) is 24.8 Å². The van der Waals surface area contributed by atoms with Crippen LogP contribution >= 0.6 is 0 Å². The van der Waals surface area contributed by atoms with E-state index in [-0.39, 0.29) is 17.7 Å². The molecule has 5 rings (SSSR count). The van der Waals surface area contributed by atoms with Crippen molar-refractivity contribution in [3.63, 3.8) is 0 Å².